The molecule has 1 N–H and O–H groups in total. The number of hydrogen-bond acceptors (Lipinski definition) is 4. The molecule has 0 spiro atoms. The van der Waals surface area contributed by atoms with Crippen molar-refractivity contribution in [3.05, 3.63) is 12.2 Å². The van der Waals surface area contributed by atoms with Crippen LogP contribution in [0.25, 0.3) is 0 Å². The molecule has 0 aromatic heterocycles. The number of ether oxygens (including phenoxy) is 1. The number of aliphatic hydroxyl groups is 1. The number of amides is 2. The van der Waals surface area contributed by atoms with Crippen LogP contribution in [0.1, 0.15) is 34.1 Å². The van der Waals surface area contributed by atoms with E-state index in [-0.39, 0.29) is 0 Å². The molecule has 1 rings (SSSR count). The molecule has 96 valence electrons. The van der Waals surface area contributed by atoms with Crippen molar-refractivity contribution in [1.82, 2.24) is 4.90 Å². The Labute approximate surface area is 101 Å². The average Bonchev–Trinajstić information content (AvgIpc) is 2.56. The number of nitrogens with zero attached hydrogens (tertiary/aromatic N) is 1. The largest absolute Gasteiger partial charge is 0.443 e. The van der Waals surface area contributed by atoms with Crippen LogP contribution < -0.4 is 0 Å². The molecule has 2 amide bonds. The summed E-state index contributed by atoms with van der Waals surface area (Å²) in [6.45, 7) is 6.97. The quantitative estimate of drug-likeness (QED) is 0.794. The lowest BCUT2D eigenvalue weighted by molar-refractivity contribution is -0.126. The fourth-order valence-electron chi connectivity index (χ4n) is 1.56. The molecule has 0 aliphatic carbocycles. The maximum Gasteiger partial charge on any atom is 0.417 e. The van der Waals surface area contributed by atoms with Crippen molar-refractivity contribution in [2.24, 2.45) is 0 Å². The average molecular weight is 241 g/mol. The van der Waals surface area contributed by atoms with Crippen LogP contribution in [0.15, 0.2) is 12.2 Å². The molecule has 1 heterocycles. The Hall–Kier alpha value is -1.36. The summed E-state index contributed by atoms with van der Waals surface area (Å²) >= 11 is 0. The summed E-state index contributed by atoms with van der Waals surface area (Å²) in [5.74, 6) is -0.447. The number of imide groups is 1. The summed E-state index contributed by atoms with van der Waals surface area (Å²) in [6.07, 6.45) is 1.80. The summed E-state index contributed by atoms with van der Waals surface area (Å²) in [7, 11) is 0. The minimum Gasteiger partial charge on any atom is -0.443 e. The lowest BCUT2D eigenvalue weighted by Crippen LogP contribution is -2.47. The van der Waals surface area contributed by atoms with E-state index in [9.17, 15) is 14.7 Å². The summed E-state index contributed by atoms with van der Waals surface area (Å²) < 4.78 is 5.13. The first-order valence-electron chi connectivity index (χ1n) is 5.68. The van der Waals surface area contributed by atoms with E-state index >= 15 is 0 Å². The van der Waals surface area contributed by atoms with Gasteiger partial charge in [-0.15, -0.1) is 0 Å². The van der Waals surface area contributed by atoms with Crippen molar-refractivity contribution in [3.63, 3.8) is 0 Å². The number of aliphatic hydroxyl groups excluding tert-OH is 1. The molecule has 0 aromatic rings. The van der Waals surface area contributed by atoms with Crippen LogP contribution >= 0.6 is 0 Å². The lowest BCUT2D eigenvalue weighted by atomic mass is 10.1. The highest BCUT2D eigenvalue weighted by Gasteiger charge is 2.37. The third kappa shape index (κ3) is 3.30. The van der Waals surface area contributed by atoms with Gasteiger partial charge in [0.05, 0.1) is 12.1 Å². The normalized spacial score (nSPS) is 21.8. The van der Waals surface area contributed by atoms with Gasteiger partial charge in [-0.1, -0.05) is 13.0 Å². The maximum absolute atomic E-state index is 11.8. The smallest absolute Gasteiger partial charge is 0.417 e. The molecule has 0 aromatic carbocycles. The van der Waals surface area contributed by atoms with Gasteiger partial charge in [0.1, 0.15) is 5.60 Å². The zero-order valence-electron chi connectivity index (χ0n) is 10.6. The van der Waals surface area contributed by atoms with Gasteiger partial charge in [-0.2, -0.15) is 0 Å². The second-order valence-electron chi connectivity index (χ2n) is 5.01. The van der Waals surface area contributed by atoms with Crippen molar-refractivity contribution in [3.8, 4) is 0 Å². The third-order valence-corrected chi connectivity index (χ3v) is 2.37. The first-order chi connectivity index (χ1) is 7.76. The highest BCUT2D eigenvalue weighted by molar-refractivity contribution is 6.01. The van der Waals surface area contributed by atoms with Gasteiger partial charge in [-0.05, 0) is 27.2 Å². The van der Waals surface area contributed by atoms with Gasteiger partial charge in [-0.25, -0.2) is 9.69 Å². The zero-order valence-corrected chi connectivity index (χ0v) is 10.6. The third-order valence-electron chi connectivity index (χ3n) is 2.37. The lowest BCUT2D eigenvalue weighted by Gasteiger charge is -2.29. The highest BCUT2D eigenvalue weighted by Crippen LogP contribution is 2.20. The van der Waals surface area contributed by atoms with E-state index in [0.717, 1.165) is 4.90 Å². The van der Waals surface area contributed by atoms with Crippen molar-refractivity contribution >= 4 is 12.0 Å². The monoisotopic (exact) mass is 241 g/mol. The van der Waals surface area contributed by atoms with Gasteiger partial charge < -0.3 is 9.84 Å². The Kier molecular flexibility index (Phi) is 3.93. The molecule has 1 aliphatic heterocycles. The summed E-state index contributed by atoms with van der Waals surface area (Å²) in [4.78, 5) is 24.4. The van der Waals surface area contributed by atoms with Gasteiger partial charge in [0.25, 0.3) is 5.91 Å². The Bertz CT molecular complexity index is 343. The Morgan fingerprint density at radius 2 is 2.18 bits per heavy atom. The molecule has 0 fully saturated rings. The number of hydrogen-bond donors (Lipinski definition) is 1. The summed E-state index contributed by atoms with van der Waals surface area (Å²) in [6, 6.07) is -0.623. The highest BCUT2D eigenvalue weighted by atomic mass is 16.6. The van der Waals surface area contributed by atoms with Crippen LogP contribution in [0.4, 0.5) is 4.79 Å². The van der Waals surface area contributed by atoms with Crippen LogP contribution in [0, 0.1) is 0 Å². The van der Waals surface area contributed by atoms with Crippen LogP contribution in [0.3, 0.4) is 0 Å². The number of rotatable bonds is 2. The van der Waals surface area contributed by atoms with E-state index in [1.807, 2.05) is 0 Å². The Morgan fingerprint density at radius 3 is 2.65 bits per heavy atom. The van der Waals surface area contributed by atoms with E-state index < -0.39 is 29.7 Å². The summed E-state index contributed by atoms with van der Waals surface area (Å²) in [5.41, 5.74) is -0.665. The van der Waals surface area contributed by atoms with E-state index in [4.69, 9.17) is 4.74 Å². The molecule has 0 radical (unpaired) electrons. The van der Waals surface area contributed by atoms with Crippen LogP contribution in [0.2, 0.25) is 0 Å². The Balaban J connectivity index is 2.80. The fraction of sp³-hybridized carbons (Fsp3) is 0.667. The fourth-order valence-corrected chi connectivity index (χ4v) is 1.56. The van der Waals surface area contributed by atoms with Gasteiger partial charge in [0.15, 0.2) is 0 Å². The zero-order chi connectivity index (χ0) is 13.2. The molecule has 1 aliphatic rings. The topological polar surface area (TPSA) is 66.8 Å². The van der Waals surface area contributed by atoms with Crippen molar-refractivity contribution in [2.45, 2.75) is 51.9 Å². The molecule has 0 saturated carbocycles. The summed E-state index contributed by atoms with van der Waals surface area (Å²) in [5, 5.41) is 9.74. The minimum absolute atomic E-state index is 0.447. The Morgan fingerprint density at radius 1 is 1.59 bits per heavy atom. The maximum atomic E-state index is 11.8. The SMILES string of the molecule is CC[C@@H](O)[C@@H]1C=CC(=O)N1C(=O)OC(C)(C)C. The van der Waals surface area contributed by atoms with Crippen molar-refractivity contribution < 1.29 is 19.4 Å². The minimum atomic E-state index is -0.759. The molecule has 17 heavy (non-hydrogen) atoms. The molecule has 2 atom stereocenters. The molecule has 5 nitrogen and oxygen atoms in total. The molecule has 0 unspecified atom stereocenters. The predicted octanol–water partition coefficient (Wildman–Crippen LogP) is 1.46. The van der Waals surface area contributed by atoms with Crippen molar-refractivity contribution in [2.75, 3.05) is 0 Å². The molecule has 0 bridgehead atoms. The second kappa shape index (κ2) is 4.87. The van der Waals surface area contributed by atoms with E-state index in [2.05, 4.69) is 0 Å². The molecular weight excluding hydrogens is 222 g/mol. The number of carbonyl (C=O) groups is 2. The molecule has 5 heteroatoms. The van der Waals surface area contributed by atoms with Crippen LogP contribution in [-0.2, 0) is 9.53 Å². The van der Waals surface area contributed by atoms with Crippen molar-refractivity contribution in [1.29, 1.82) is 0 Å². The van der Waals surface area contributed by atoms with Gasteiger partial charge in [-0.3, -0.25) is 4.79 Å². The molecule has 0 saturated heterocycles. The van der Waals surface area contributed by atoms with E-state index in [0.29, 0.717) is 6.42 Å². The first kappa shape index (κ1) is 13.7. The first-order valence-corrected chi connectivity index (χ1v) is 5.68. The molecular formula is C12H19NO4. The second-order valence-corrected chi connectivity index (χ2v) is 5.01. The van der Waals surface area contributed by atoms with Crippen LogP contribution in [0.5, 0.6) is 0 Å². The number of carbonyl (C=O) groups excluding carboxylic acids is 2. The standard InChI is InChI=1S/C12H19NO4/c1-5-9(14)8-6-7-10(15)13(8)11(16)17-12(2,3)4/h6-9,14H,5H2,1-4H3/t8-,9+/m0/s1. The van der Waals surface area contributed by atoms with Gasteiger partial charge in [0.2, 0.25) is 0 Å². The van der Waals surface area contributed by atoms with Crippen LogP contribution in [-0.4, -0.2) is 39.8 Å². The van der Waals surface area contributed by atoms with E-state index in [1.165, 1.54) is 12.2 Å². The van der Waals surface area contributed by atoms with E-state index in [1.54, 1.807) is 27.7 Å². The van der Waals surface area contributed by atoms with Gasteiger partial charge >= 0.3 is 6.09 Å². The van der Waals surface area contributed by atoms with Gasteiger partial charge in [0, 0.05) is 6.08 Å². The predicted molar refractivity (Wildman–Crippen MR) is 62.3 cm³/mol.